The van der Waals surface area contributed by atoms with Gasteiger partial charge in [-0.25, -0.2) is 9.36 Å². The average molecular weight is 349 g/mol. The number of aryl methyl sites for hydroxylation is 1. The van der Waals surface area contributed by atoms with E-state index in [1.165, 1.54) is 0 Å². The van der Waals surface area contributed by atoms with Gasteiger partial charge in [-0.3, -0.25) is 10.2 Å². The molecular formula is C18H15N5OS. The lowest BCUT2D eigenvalue weighted by molar-refractivity contribution is 0.101. The Balaban J connectivity index is 1.86. The zero-order valence-corrected chi connectivity index (χ0v) is 14.2. The van der Waals surface area contributed by atoms with Crippen molar-refractivity contribution in [1.29, 1.82) is 0 Å². The summed E-state index contributed by atoms with van der Waals surface area (Å²) in [5.74, 6) is -0.240. The maximum atomic E-state index is 12.5. The van der Waals surface area contributed by atoms with Gasteiger partial charge in [0.25, 0.3) is 5.91 Å². The van der Waals surface area contributed by atoms with Crippen LogP contribution in [0.4, 0.5) is 0 Å². The van der Waals surface area contributed by atoms with Crippen LogP contribution in [-0.2, 0) is 0 Å². The molecule has 0 fully saturated rings. The second kappa shape index (κ2) is 6.03. The van der Waals surface area contributed by atoms with Crippen LogP contribution in [0.2, 0.25) is 0 Å². The summed E-state index contributed by atoms with van der Waals surface area (Å²) in [6.07, 6.45) is 0. The van der Waals surface area contributed by atoms with E-state index < -0.39 is 0 Å². The fourth-order valence-electron chi connectivity index (χ4n) is 2.74. The van der Waals surface area contributed by atoms with Crippen LogP contribution < -0.4 is 5.43 Å². The summed E-state index contributed by atoms with van der Waals surface area (Å²) >= 11 is 5.40. The number of hydrogen-bond donors (Lipinski definition) is 2. The number of benzene rings is 2. The van der Waals surface area contributed by atoms with Gasteiger partial charge in [0.2, 0.25) is 0 Å². The van der Waals surface area contributed by atoms with Crippen molar-refractivity contribution in [3.8, 4) is 5.69 Å². The summed E-state index contributed by atoms with van der Waals surface area (Å²) in [5, 5.41) is 4.57. The first-order valence-electron chi connectivity index (χ1n) is 7.77. The smallest absolute Gasteiger partial charge is 0.270 e. The molecule has 0 saturated heterocycles. The monoisotopic (exact) mass is 349 g/mol. The van der Waals surface area contributed by atoms with Crippen LogP contribution in [0.25, 0.3) is 16.9 Å². The maximum absolute atomic E-state index is 12.5. The fraction of sp³-hybridized carbons (Fsp3) is 0.0556. The summed E-state index contributed by atoms with van der Waals surface area (Å²) in [6, 6.07) is 18.7. The molecular weight excluding hydrogens is 334 g/mol. The van der Waals surface area contributed by atoms with E-state index in [0.29, 0.717) is 16.0 Å². The summed E-state index contributed by atoms with van der Waals surface area (Å²) in [6.45, 7) is 1.90. The zero-order valence-electron chi connectivity index (χ0n) is 13.4. The van der Waals surface area contributed by atoms with Crippen LogP contribution in [0.1, 0.15) is 16.1 Å². The van der Waals surface area contributed by atoms with Gasteiger partial charge in [0, 0.05) is 5.56 Å². The molecule has 6 nitrogen and oxygen atoms in total. The van der Waals surface area contributed by atoms with Gasteiger partial charge in [-0.15, -0.1) is 0 Å². The Morgan fingerprint density at radius 1 is 1.08 bits per heavy atom. The van der Waals surface area contributed by atoms with E-state index in [1.807, 2.05) is 55.5 Å². The van der Waals surface area contributed by atoms with E-state index in [0.717, 1.165) is 16.9 Å². The Labute approximate surface area is 148 Å². The average Bonchev–Trinajstić information content (AvgIpc) is 3.14. The first-order valence-corrected chi connectivity index (χ1v) is 8.18. The van der Waals surface area contributed by atoms with E-state index in [2.05, 4.69) is 15.5 Å². The van der Waals surface area contributed by atoms with Crippen LogP contribution in [0, 0.1) is 11.7 Å². The van der Waals surface area contributed by atoms with Crippen molar-refractivity contribution in [3.63, 3.8) is 0 Å². The van der Waals surface area contributed by atoms with Gasteiger partial charge in [0.05, 0.1) is 11.4 Å². The minimum absolute atomic E-state index is 0.240. The summed E-state index contributed by atoms with van der Waals surface area (Å²) in [5.41, 5.74) is 6.59. The third-order valence-corrected chi connectivity index (χ3v) is 4.22. The van der Waals surface area contributed by atoms with Crippen molar-refractivity contribution in [2.75, 3.05) is 5.43 Å². The van der Waals surface area contributed by atoms with Crippen molar-refractivity contribution < 1.29 is 4.79 Å². The van der Waals surface area contributed by atoms with Gasteiger partial charge < -0.3 is 4.98 Å². The number of carbonyl (C=O) groups is 1. The number of rotatable bonds is 3. The number of imidazole rings is 1. The predicted octanol–water partition coefficient (Wildman–Crippen LogP) is 3.58. The van der Waals surface area contributed by atoms with Crippen LogP contribution in [0.3, 0.4) is 0 Å². The molecule has 0 bridgehead atoms. The summed E-state index contributed by atoms with van der Waals surface area (Å²) < 4.78 is 3.74. The normalized spacial score (nSPS) is 10.9. The molecule has 0 aliphatic carbocycles. The molecule has 7 heteroatoms. The molecule has 1 amide bonds. The summed E-state index contributed by atoms with van der Waals surface area (Å²) in [7, 11) is 0. The SMILES string of the molecule is Cc1nn(-c2ccccc2)c2c1[nH]c(=S)n2NC(=O)c1ccccc1. The second-order valence-corrected chi connectivity index (χ2v) is 5.99. The molecule has 0 aliphatic heterocycles. The highest BCUT2D eigenvalue weighted by Gasteiger charge is 2.17. The van der Waals surface area contributed by atoms with Crippen LogP contribution in [0.15, 0.2) is 60.7 Å². The second-order valence-electron chi connectivity index (χ2n) is 5.60. The molecule has 0 saturated carbocycles. The standard InChI is InChI=1S/C18H15N5OS/c1-12-15-17(22(20-12)14-10-6-3-7-11-14)23(18(25)19-15)21-16(24)13-8-4-2-5-9-13/h2-11H,1H3,(H,19,25)(H,21,24). The number of fused-ring (bicyclic) bond motifs is 1. The number of nitrogens with zero attached hydrogens (tertiary/aromatic N) is 3. The van der Waals surface area contributed by atoms with Gasteiger partial charge in [-0.2, -0.15) is 5.10 Å². The largest absolute Gasteiger partial charge is 0.326 e. The number of hydrogen-bond acceptors (Lipinski definition) is 3. The minimum Gasteiger partial charge on any atom is -0.326 e. The van der Waals surface area contributed by atoms with Gasteiger partial charge >= 0.3 is 0 Å². The molecule has 0 aliphatic rings. The first-order chi connectivity index (χ1) is 12.1. The van der Waals surface area contributed by atoms with Crippen LogP contribution in [-0.4, -0.2) is 25.3 Å². The van der Waals surface area contributed by atoms with Crippen molar-refractivity contribution in [1.82, 2.24) is 19.4 Å². The van der Waals surface area contributed by atoms with Crippen molar-refractivity contribution >= 4 is 29.3 Å². The van der Waals surface area contributed by atoms with Gasteiger partial charge in [0.15, 0.2) is 10.4 Å². The molecule has 2 heterocycles. The third-order valence-electron chi connectivity index (χ3n) is 3.93. The fourth-order valence-corrected chi connectivity index (χ4v) is 2.97. The number of H-pyrrole nitrogens is 1. The highest BCUT2D eigenvalue weighted by Crippen LogP contribution is 2.21. The zero-order chi connectivity index (χ0) is 17.4. The number of amides is 1. The Morgan fingerprint density at radius 2 is 1.72 bits per heavy atom. The molecule has 2 aromatic heterocycles. The van der Waals surface area contributed by atoms with E-state index >= 15 is 0 Å². The first kappa shape index (κ1) is 15.3. The Bertz CT molecular complexity index is 1110. The molecule has 4 aromatic rings. The quantitative estimate of drug-likeness (QED) is 0.556. The number of para-hydroxylation sites is 1. The number of carbonyl (C=O) groups excluding carboxylic acids is 1. The van der Waals surface area contributed by atoms with Crippen LogP contribution in [0.5, 0.6) is 0 Å². The molecule has 0 spiro atoms. The van der Waals surface area contributed by atoms with Gasteiger partial charge in [-0.1, -0.05) is 36.4 Å². The van der Waals surface area contributed by atoms with Crippen molar-refractivity contribution in [2.24, 2.45) is 0 Å². The summed E-state index contributed by atoms with van der Waals surface area (Å²) in [4.78, 5) is 15.7. The molecule has 25 heavy (non-hydrogen) atoms. The Kier molecular flexibility index (Phi) is 3.70. The van der Waals surface area contributed by atoms with E-state index in [9.17, 15) is 4.79 Å². The highest BCUT2D eigenvalue weighted by molar-refractivity contribution is 7.71. The van der Waals surface area contributed by atoms with Crippen molar-refractivity contribution in [3.05, 3.63) is 76.7 Å². The predicted molar refractivity (Wildman–Crippen MR) is 99.1 cm³/mol. The lowest BCUT2D eigenvalue weighted by Gasteiger charge is -2.09. The number of aromatic amines is 1. The Morgan fingerprint density at radius 3 is 2.40 bits per heavy atom. The lowest BCUT2D eigenvalue weighted by Crippen LogP contribution is -2.24. The van der Waals surface area contributed by atoms with Gasteiger partial charge in [-0.05, 0) is 43.4 Å². The molecule has 124 valence electrons. The molecule has 4 rings (SSSR count). The molecule has 2 aromatic carbocycles. The Hall–Kier alpha value is -3.19. The topological polar surface area (TPSA) is 67.6 Å². The van der Waals surface area contributed by atoms with E-state index in [4.69, 9.17) is 12.2 Å². The molecule has 0 unspecified atom stereocenters. The third kappa shape index (κ3) is 2.64. The maximum Gasteiger partial charge on any atom is 0.270 e. The molecule has 0 radical (unpaired) electrons. The molecule has 2 N–H and O–H groups in total. The van der Waals surface area contributed by atoms with E-state index in [1.54, 1.807) is 21.5 Å². The molecule has 0 atom stereocenters. The number of nitrogens with one attached hydrogen (secondary N) is 2. The lowest BCUT2D eigenvalue weighted by atomic mass is 10.2. The minimum atomic E-state index is -0.240. The van der Waals surface area contributed by atoms with E-state index in [-0.39, 0.29) is 5.91 Å². The highest BCUT2D eigenvalue weighted by atomic mass is 32.1. The number of aromatic nitrogens is 4. The van der Waals surface area contributed by atoms with Crippen LogP contribution >= 0.6 is 12.2 Å². The van der Waals surface area contributed by atoms with Crippen molar-refractivity contribution in [2.45, 2.75) is 6.92 Å². The van der Waals surface area contributed by atoms with Gasteiger partial charge in [0.1, 0.15) is 5.52 Å².